The Morgan fingerprint density at radius 3 is 2.57 bits per heavy atom. The molecule has 0 unspecified atom stereocenters. The van der Waals surface area contributed by atoms with Gasteiger partial charge >= 0.3 is 6.09 Å². The fourth-order valence-corrected chi connectivity index (χ4v) is 4.64. The highest BCUT2D eigenvalue weighted by atomic mass is 16.6. The second-order valence-electron chi connectivity index (χ2n) is 10.0. The Balaban J connectivity index is 1.44. The lowest BCUT2D eigenvalue weighted by Crippen LogP contribution is -2.43. The molecule has 1 aliphatic heterocycles. The first-order valence-corrected chi connectivity index (χ1v) is 12.1. The number of hydrogen-bond acceptors (Lipinski definition) is 7. The summed E-state index contributed by atoms with van der Waals surface area (Å²) in [7, 11) is 0. The van der Waals surface area contributed by atoms with Crippen molar-refractivity contribution in [3.8, 4) is 11.1 Å². The molecule has 0 bridgehead atoms. The van der Waals surface area contributed by atoms with Crippen molar-refractivity contribution in [2.24, 2.45) is 0 Å². The molecule has 5 rings (SSSR count). The lowest BCUT2D eigenvalue weighted by molar-refractivity contribution is 0.0493. The maximum atomic E-state index is 12.7. The number of rotatable bonds is 4. The number of amides is 2. The predicted molar refractivity (Wildman–Crippen MR) is 141 cm³/mol. The molecule has 4 aromatic rings. The molecule has 0 aliphatic carbocycles. The van der Waals surface area contributed by atoms with Gasteiger partial charge in [0.05, 0.1) is 11.4 Å². The van der Waals surface area contributed by atoms with Gasteiger partial charge in [0.25, 0.3) is 5.91 Å². The normalized spacial score (nSPS) is 15.2. The van der Waals surface area contributed by atoms with Crippen LogP contribution in [0, 0.1) is 0 Å². The van der Waals surface area contributed by atoms with Crippen molar-refractivity contribution in [3.05, 3.63) is 66.2 Å². The number of nitrogens with two attached hydrogens (primary N) is 1. The second-order valence-corrected chi connectivity index (χ2v) is 10.0. The number of hydrogen-bond donors (Lipinski definition) is 3. The summed E-state index contributed by atoms with van der Waals surface area (Å²) in [6.45, 7) is 6.05. The number of carbonyl (C=O) groups excluding carboxylic acids is 2. The zero-order chi connectivity index (χ0) is 26.2. The van der Waals surface area contributed by atoms with Crippen LogP contribution in [0.4, 0.5) is 16.4 Å². The molecule has 1 atom stereocenters. The third-order valence-electron chi connectivity index (χ3n) is 6.17. The number of benzene rings is 1. The Bertz CT molecular complexity index is 1460. The number of nitrogen functional groups attached to an aromatic ring is 1. The van der Waals surface area contributed by atoms with Gasteiger partial charge in [-0.25, -0.2) is 19.7 Å². The predicted octanol–water partition coefficient (Wildman–Crippen LogP) is 4.17. The van der Waals surface area contributed by atoms with Crippen molar-refractivity contribution in [1.29, 1.82) is 0 Å². The van der Waals surface area contributed by atoms with Crippen LogP contribution in [-0.2, 0) is 17.7 Å². The third kappa shape index (κ3) is 5.09. The maximum absolute atomic E-state index is 12.7. The van der Waals surface area contributed by atoms with Gasteiger partial charge < -0.3 is 25.7 Å². The molecule has 0 saturated heterocycles. The van der Waals surface area contributed by atoms with Gasteiger partial charge in [-0.2, -0.15) is 0 Å². The SMILES string of the molecule is CC(C)(C)OC(=O)N[C@@H]1CCc2c(-c3ccc(C(=O)Nc4ccccn4)cc3)c3c(N)ncnc3n2C1. The van der Waals surface area contributed by atoms with E-state index in [0.717, 1.165) is 28.6 Å². The van der Waals surface area contributed by atoms with Gasteiger partial charge in [-0.15, -0.1) is 0 Å². The highest BCUT2D eigenvalue weighted by Crippen LogP contribution is 2.39. The molecule has 0 radical (unpaired) electrons. The van der Waals surface area contributed by atoms with Gasteiger partial charge in [0, 0.05) is 29.6 Å². The van der Waals surface area contributed by atoms with E-state index in [1.807, 2.05) is 39.0 Å². The zero-order valence-electron chi connectivity index (χ0n) is 21.0. The molecule has 0 fully saturated rings. The molecule has 4 N–H and O–H groups in total. The monoisotopic (exact) mass is 499 g/mol. The third-order valence-corrected chi connectivity index (χ3v) is 6.17. The molecule has 1 aromatic carbocycles. The van der Waals surface area contributed by atoms with Gasteiger partial charge in [-0.1, -0.05) is 18.2 Å². The van der Waals surface area contributed by atoms with E-state index in [0.29, 0.717) is 35.8 Å². The maximum Gasteiger partial charge on any atom is 0.407 e. The summed E-state index contributed by atoms with van der Waals surface area (Å²) in [6.07, 6.45) is 4.07. The number of nitrogens with zero attached hydrogens (tertiary/aromatic N) is 4. The molecule has 0 saturated carbocycles. The number of ether oxygens (including phenoxy) is 1. The molecule has 190 valence electrons. The van der Waals surface area contributed by atoms with E-state index in [1.54, 1.807) is 30.5 Å². The Morgan fingerprint density at radius 1 is 1.08 bits per heavy atom. The summed E-state index contributed by atoms with van der Waals surface area (Å²) in [4.78, 5) is 37.9. The lowest BCUT2D eigenvalue weighted by Gasteiger charge is -2.28. The van der Waals surface area contributed by atoms with Crippen molar-refractivity contribution in [1.82, 2.24) is 24.8 Å². The van der Waals surface area contributed by atoms with Gasteiger partial charge in [0.2, 0.25) is 0 Å². The average Bonchev–Trinajstić information content (AvgIpc) is 3.18. The van der Waals surface area contributed by atoms with Crippen LogP contribution in [0.1, 0.15) is 43.2 Å². The van der Waals surface area contributed by atoms with E-state index in [1.165, 1.54) is 6.33 Å². The van der Waals surface area contributed by atoms with Crippen LogP contribution in [-0.4, -0.2) is 43.2 Å². The van der Waals surface area contributed by atoms with E-state index in [9.17, 15) is 9.59 Å². The van der Waals surface area contributed by atoms with E-state index >= 15 is 0 Å². The molecule has 3 aromatic heterocycles. The molecular formula is C27H29N7O3. The van der Waals surface area contributed by atoms with Crippen LogP contribution in [0.15, 0.2) is 55.0 Å². The Kier molecular flexibility index (Phi) is 6.24. The standard InChI is InChI=1S/C27H29N7O3/c1-27(2,3)37-26(36)32-18-11-12-19-21(22-23(28)30-15-31-24(22)34(19)14-18)16-7-9-17(10-8-16)25(35)33-20-6-4-5-13-29-20/h4-10,13,15,18H,11-12,14H2,1-3H3,(H,32,36)(H2,28,30,31)(H,29,33,35)/t18-/m1/s1. The first-order valence-electron chi connectivity index (χ1n) is 12.1. The minimum Gasteiger partial charge on any atom is -0.444 e. The zero-order valence-corrected chi connectivity index (χ0v) is 21.0. The summed E-state index contributed by atoms with van der Waals surface area (Å²) in [5.74, 6) is 0.631. The van der Waals surface area contributed by atoms with Crippen LogP contribution in [0.2, 0.25) is 0 Å². The molecule has 10 nitrogen and oxygen atoms in total. The quantitative estimate of drug-likeness (QED) is 0.383. The number of fused-ring (bicyclic) bond motifs is 3. The van der Waals surface area contributed by atoms with Crippen molar-refractivity contribution in [2.45, 2.75) is 51.8 Å². The Labute approximate surface area is 214 Å². The number of carbonyl (C=O) groups is 2. The summed E-state index contributed by atoms with van der Waals surface area (Å²) < 4.78 is 7.53. The first-order chi connectivity index (χ1) is 17.7. The molecule has 4 heterocycles. The minimum absolute atomic E-state index is 0.111. The van der Waals surface area contributed by atoms with Gasteiger partial charge in [0.1, 0.15) is 29.2 Å². The highest BCUT2D eigenvalue weighted by molar-refractivity contribution is 6.05. The van der Waals surface area contributed by atoms with Gasteiger partial charge in [-0.3, -0.25) is 4.79 Å². The lowest BCUT2D eigenvalue weighted by atomic mass is 9.96. The topological polar surface area (TPSA) is 137 Å². The van der Waals surface area contributed by atoms with Crippen LogP contribution in [0.5, 0.6) is 0 Å². The molecule has 0 spiro atoms. The van der Waals surface area contributed by atoms with Crippen LogP contribution < -0.4 is 16.4 Å². The smallest absolute Gasteiger partial charge is 0.407 e. The van der Waals surface area contributed by atoms with E-state index < -0.39 is 11.7 Å². The van der Waals surface area contributed by atoms with E-state index in [2.05, 4.69) is 30.2 Å². The summed E-state index contributed by atoms with van der Waals surface area (Å²) >= 11 is 0. The first kappa shape index (κ1) is 24.2. The van der Waals surface area contributed by atoms with Crippen molar-refractivity contribution < 1.29 is 14.3 Å². The number of aromatic nitrogens is 4. The summed E-state index contributed by atoms with van der Waals surface area (Å²) in [5.41, 5.74) is 9.91. The molecule has 10 heteroatoms. The number of pyridine rings is 1. The van der Waals surface area contributed by atoms with Crippen molar-refractivity contribution in [2.75, 3.05) is 11.1 Å². The molecule has 2 amide bonds. The highest BCUT2D eigenvalue weighted by Gasteiger charge is 2.29. The van der Waals surface area contributed by atoms with Crippen LogP contribution >= 0.6 is 0 Å². The van der Waals surface area contributed by atoms with Gasteiger partial charge in [-0.05, 0) is 63.4 Å². The van der Waals surface area contributed by atoms with E-state index in [-0.39, 0.29) is 11.9 Å². The van der Waals surface area contributed by atoms with Crippen LogP contribution in [0.3, 0.4) is 0 Å². The number of nitrogens with one attached hydrogen (secondary N) is 2. The van der Waals surface area contributed by atoms with Gasteiger partial charge in [0.15, 0.2) is 0 Å². The second kappa shape index (κ2) is 9.53. The largest absolute Gasteiger partial charge is 0.444 e. The molecule has 1 aliphatic rings. The summed E-state index contributed by atoms with van der Waals surface area (Å²) in [6, 6.07) is 12.6. The Morgan fingerprint density at radius 2 is 1.86 bits per heavy atom. The minimum atomic E-state index is -0.570. The fourth-order valence-electron chi connectivity index (χ4n) is 4.64. The molecular weight excluding hydrogens is 470 g/mol. The van der Waals surface area contributed by atoms with E-state index in [4.69, 9.17) is 10.5 Å². The number of alkyl carbamates (subject to hydrolysis) is 1. The molecule has 37 heavy (non-hydrogen) atoms. The summed E-state index contributed by atoms with van der Waals surface area (Å²) in [5, 5.41) is 6.54. The van der Waals surface area contributed by atoms with Crippen molar-refractivity contribution in [3.63, 3.8) is 0 Å². The fraction of sp³-hybridized carbons (Fsp3) is 0.296. The average molecular weight is 500 g/mol. The van der Waals surface area contributed by atoms with Crippen molar-refractivity contribution >= 4 is 34.7 Å². The Hall–Kier alpha value is -4.47. The number of anilines is 2. The van der Waals surface area contributed by atoms with Crippen LogP contribution in [0.25, 0.3) is 22.2 Å².